The average Bonchev–Trinajstić information content (AvgIpc) is 2.85. The molecule has 0 amide bonds. The van der Waals surface area contributed by atoms with E-state index < -0.39 is 10.0 Å². The number of thiophene rings is 1. The van der Waals surface area contributed by atoms with Gasteiger partial charge in [-0.1, -0.05) is 30.3 Å². The van der Waals surface area contributed by atoms with E-state index in [1.54, 1.807) is 12.1 Å². The fourth-order valence-corrected chi connectivity index (χ4v) is 5.16. The number of rotatable bonds is 6. The van der Waals surface area contributed by atoms with Gasteiger partial charge in [-0.25, -0.2) is 13.1 Å². The molecule has 0 fully saturated rings. The van der Waals surface area contributed by atoms with Crippen molar-refractivity contribution in [3.63, 3.8) is 0 Å². The third-order valence-corrected chi connectivity index (χ3v) is 6.58. The van der Waals surface area contributed by atoms with Crippen LogP contribution >= 0.6 is 27.3 Å². The van der Waals surface area contributed by atoms with Crippen molar-refractivity contribution in [3.8, 4) is 0 Å². The molecule has 20 heavy (non-hydrogen) atoms. The quantitative estimate of drug-likeness (QED) is 0.836. The molecule has 0 radical (unpaired) electrons. The average molecular weight is 374 g/mol. The number of hydrogen-bond donors (Lipinski definition) is 1. The molecule has 0 unspecified atom stereocenters. The van der Waals surface area contributed by atoms with E-state index in [0.717, 1.165) is 16.6 Å². The number of benzene rings is 1. The van der Waals surface area contributed by atoms with Gasteiger partial charge in [0.05, 0.1) is 3.79 Å². The summed E-state index contributed by atoms with van der Waals surface area (Å²) in [6.45, 7) is 1.89. The molecule has 0 bridgehead atoms. The maximum absolute atomic E-state index is 12.1. The predicted molar refractivity (Wildman–Crippen MR) is 86.6 cm³/mol. The Bertz CT molecular complexity index is 653. The Hall–Kier alpha value is -0.690. The van der Waals surface area contributed by atoms with Gasteiger partial charge in [0.1, 0.15) is 4.21 Å². The molecule has 108 valence electrons. The first-order valence-corrected chi connectivity index (χ1v) is 9.38. The fourth-order valence-electron chi connectivity index (χ4n) is 1.85. The molecule has 1 heterocycles. The molecule has 0 aliphatic carbocycles. The van der Waals surface area contributed by atoms with Crippen molar-refractivity contribution in [2.24, 2.45) is 0 Å². The maximum Gasteiger partial charge on any atom is 0.250 e. The first-order chi connectivity index (χ1) is 9.47. The SMILES string of the molecule is C[C@@H](CCc1ccccc1)NS(=O)(=O)c1ccc(Br)s1. The van der Waals surface area contributed by atoms with Crippen LogP contribution in [0.2, 0.25) is 0 Å². The third kappa shape index (κ3) is 4.41. The van der Waals surface area contributed by atoms with Gasteiger partial charge in [-0.3, -0.25) is 0 Å². The summed E-state index contributed by atoms with van der Waals surface area (Å²) in [7, 11) is -3.40. The van der Waals surface area contributed by atoms with Crippen molar-refractivity contribution >= 4 is 37.3 Å². The van der Waals surface area contributed by atoms with Crippen LogP contribution < -0.4 is 4.72 Å². The zero-order chi connectivity index (χ0) is 14.6. The second-order valence-corrected chi connectivity index (χ2v) is 9.01. The predicted octanol–water partition coefficient (Wildman–Crippen LogP) is 3.81. The minimum Gasteiger partial charge on any atom is -0.208 e. The summed E-state index contributed by atoms with van der Waals surface area (Å²) < 4.78 is 28.2. The molecule has 1 atom stereocenters. The van der Waals surface area contributed by atoms with Gasteiger partial charge in [0.15, 0.2) is 0 Å². The summed E-state index contributed by atoms with van der Waals surface area (Å²) in [5, 5.41) is 0. The Morgan fingerprint density at radius 3 is 2.50 bits per heavy atom. The minimum absolute atomic E-state index is 0.0962. The molecule has 0 saturated heterocycles. The number of aryl methyl sites for hydroxylation is 1. The largest absolute Gasteiger partial charge is 0.250 e. The molecule has 0 aliphatic heterocycles. The summed E-state index contributed by atoms with van der Waals surface area (Å²) in [6, 6.07) is 13.3. The van der Waals surface area contributed by atoms with Crippen LogP contribution in [-0.2, 0) is 16.4 Å². The lowest BCUT2D eigenvalue weighted by molar-refractivity contribution is 0.548. The first-order valence-electron chi connectivity index (χ1n) is 6.29. The van der Waals surface area contributed by atoms with E-state index in [-0.39, 0.29) is 6.04 Å². The van der Waals surface area contributed by atoms with Gasteiger partial charge < -0.3 is 0 Å². The molecule has 0 saturated carbocycles. The smallest absolute Gasteiger partial charge is 0.208 e. The van der Waals surface area contributed by atoms with E-state index in [1.807, 2.05) is 25.1 Å². The Morgan fingerprint density at radius 2 is 1.90 bits per heavy atom. The fraction of sp³-hybridized carbons (Fsp3) is 0.286. The Morgan fingerprint density at radius 1 is 1.20 bits per heavy atom. The van der Waals surface area contributed by atoms with Crippen LogP contribution in [0.25, 0.3) is 0 Å². The van der Waals surface area contributed by atoms with Crippen molar-refractivity contribution < 1.29 is 8.42 Å². The Kier molecular flexibility index (Phi) is 5.37. The Labute approximate surface area is 132 Å². The van der Waals surface area contributed by atoms with Gasteiger partial charge in [-0.2, -0.15) is 0 Å². The molecule has 1 aromatic carbocycles. The molecule has 6 heteroatoms. The summed E-state index contributed by atoms with van der Waals surface area (Å²) >= 11 is 4.50. The molecule has 0 aliphatic rings. The van der Waals surface area contributed by atoms with Crippen molar-refractivity contribution in [2.75, 3.05) is 0 Å². The monoisotopic (exact) mass is 373 g/mol. The highest BCUT2D eigenvalue weighted by Gasteiger charge is 2.19. The number of nitrogens with one attached hydrogen (secondary N) is 1. The Balaban J connectivity index is 1.92. The molecule has 0 spiro atoms. The van der Waals surface area contributed by atoms with Crippen LogP contribution in [0.5, 0.6) is 0 Å². The molecular formula is C14H16BrNO2S2. The highest BCUT2D eigenvalue weighted by molar-refractivity contribution is 9.11. The molecule has 2 aromatic rings. The minimum atomic E-state index is -3.40. The van der Waals surface area contributed by atoms with Crippen LogP contribution in [0.15, 0.2) is 50.5 Å². The van der Waals surface area contributed by atoms with Gasteiger partial charge in [-0.05, 0) is 53.4 Å². The summed E-state index contributed by atoms with van der Waals surface area (Å²) in [4.78, 5) is 0. The van der Waals surface area contributed by atoms with E-state index in [1.165, 1.54) is 16.9 Å². The highest BCUT2D eigenvalue weighted by atomic mass is 79.9. The zero-order valence-corrected chi connectivity index (χ0v) is 14.3. The molecule has 2 rings (SSSR count). The standard InChI is InChI=1S/C14H16BrNO2S2/c1-11(7-8-12-5-3-2-4-6-12)16-20(17,18)14-10-9-13(15)19-14/h2-6,9-11,16H,7-8H2,1H3/t11-/m0/s1. The van der Waals surface area contributed by atoms with E-state index in [0.29, 0.717) is 4.21 Å². The second-order valence-electron chi connectivity index (χ2n) is 4.61. The summed E-state index contributed by atoms with van der Waals surface area (Å²) in [5.41, 5.74) is 1.22. The summed E-state index contributed by atoms with van der Waals surface area (Å²) in [6.07, 6.45) is 1.63. The topological polar surface area (TPSA) is 46.2 Å². The van der Waals surface area contributed by atoms with Gasteiger partial charge in [-0.15, -0.1) is 11.3 Å². The van der Waals surface area contributed by atoms with E-state index >= 15 is 0 Å². The summed E-state index contributed by atoms with van der Waals surface area (Å²) in [5.74, 6) is 0. The van der Waals surface area contributed by atoms with Crippen LogP contribution in [0.1, 0.15) is 18.9 Å². The molecule has 1 N–H and O–H groups in total. The van der Waals surface area contributed by atoms with Crippen LogP contribution in [0, 0.1) is 0 Å². The molecular weight excluding hydrogens is 358 g/mol. The lowest BCUT2D eigenvalue weighted by Gasteiger charge is -2.13. The molecule has 1 aromatic heterocycles. The zero-order valence-electron chi connectivity index (χ0n) is 11.0. The first kappa shape index (κ1) is 15.7. The van der Waals surface area contributed by atoms with Crippen molar-refractivity contribution in [1.29, 1.82) is 0 Å². The number of sulfonamides is 1. The van der Waals surface area contributed by atoms with Crippen LogP contribution in [0.4, 0.5) is 0 Å². The molecule has 3 nitrogen and oxygen atoms in total. The van der Waals surface area contributed by atoms with Crippen molar-refractivity contribution in [3.05, 3.63) is 51.8 Å². The second kappa shape index (κ2) is 6.85. The number of halogens is 1. The maximum atomic E-state index is 12.1. The van der Waals surface area contributed by atoms with Gasteiger partial charge in [0.2, 0.25) is 10.0 Å². The van der Waals surface area contributed by atoms with Gasteiger partial charge in [0.25, 0.3) is 0 Å². The third-order valence-electron chi connectivity index (χ3n) is 2.88. The van der Waals surface area contributed by atoms with Gasteiger partial charge >= 0.3 is 0 Å². The number of hydrogen-bond acceptors (Lipinski definition) is 3. The van der Waals surface area contributed by atoms with E-state index in [2.05, 4.69) is 32.8 Å². The van der Waals surface area contributed by atoms with E-state index in [9.17, 15) is 8.42 Å². The van der Waals surface area contributed by atoms with Crippen LogP contribution in [-0.4, -0.2) is 14.5 Å². The van der Waals surface area contributed by atoms with E-state index in [4.69, 9.17) is 0 Å². The lowest BCUT2D eigenvalue weighted by atomic mass is 10.1. The van der Waals surface area contributed by atoms with Crippen molar-refractivity contribution in [1.82, 2.24) is 4.72 Å². The normalized spacial score (nSPS) is 13.3. The highest BCUT2D eigenvalue weighted by Crippen LogP contribution is 2.26. The van der Waals surface area contributed by atoms with Crippen LogP contribution in [0.3, 0.4) is 0 Å². The van der Waals surface area contributed by atoms with Gasteiger partial charge in [0, 0.05) is 6.04 Å². The lowest BCUT2D eigenvalue weighted by Crippen LogP contribution is -2.32. The van der Waals surface area contributed by atoms with Crippen molar-refractivity contribution in [2.45, 2.75) is 30.0 Å².